The number of hydrogen-bond acceptors (Lipinski definition) is 5. The van der Waals surface area contributed by atoms with Crippen LogP contribution >= 0.6 is 7.82 Å². The highest BCUT2D eigenvalue weighted by Crippen LogP contribution is 2.43. The van der Waals surface area contributed by atoms with Gasteiger partial charge in [0, 0.05) is 6.42 Å². The van der Waals surface area contributed by atoms with Crippen LogP contribution in [0.2, 0.25) is 0 Å². The van der Waals surface area contributed by atoms with E-state index in [1.165, 1.54) is 308 Å². The summed E-state index contributed by atoms with van der Waals surface area (Å²) in [5, 5.41) is 14.0. The number of unbranched alkanes of at least 4 members (excludes halogenated alkanes) is 51. The maximum absolute atomic E-state index is 13.1. The highest BCUT2D eigenvalue weighted by Gasteiger charge is 2.28. The minimum atomic E-state index is -4.37. The van der Waals surface area contributed by atoms with Crippen molar-refractivity contribution in [2.45, 2.75) is 405 Å². The molecule has 0 spiro atoms. The molecule has 0 aromatic carbocycles. The number of aliphatic hydroxyl groups is 1. The average Bonchev–Trinajstić information content (AvgIpc) is 3.42. The molecule has 0 heterocycles. The number of hydrogen-bond donors (Lipinski definition) is 3. The number of allylic oxidation sites excluding steroid dienone is 11. The summed E-state index contributed by atoms with van der Waals surface area (Å²) in [6.45, 7) is 4.74. The molecule has 3 N–H and O–H groups in total. The van der Waals surface area contributed by atoms with Crippen LogP contribution in [0.5, 0.6) is 0 Å². The summed E-state index contributed by atoms with van der Waals surface area (Å²) in [7, 11) is 1.57. The maximum Gasteiger partial charge on any atom is 0.472 e. The normalized spacial score (nSPS) is 13.9. The predicted molar refractivity (Wildman–Crippen MR) is 401 cm³/mol. The van der Waals surface area contributed by atoms with Gasteiger partial charge in [-0.1, -0.05) is 389 Å². The third-order valence-corrected chi connectivity index (χ3v) is 19.1. The lowest BCUT2D eigenvalue weighted by atomic mass is 10.0. The lowest BCUT2D eigenvalue weighted by molar-refractivity contribution is -0.870. The number of rotatable bonds is 74. The molecule has 0 saturated carbocycles. The highest BCUT2D eigenvalue weighted by atomic mass is 31.2. The molecule has 0 aromatic heterocycles. The molecule has 8 nitrogen and oxygen atoms in total. The van der Waals surface area contributed by atoms with Gasteiger partial charge in [-0.05, 0) is 70.6 Å². The summed E-state index contributed by atoms with van der Waals surface area (Å²) in [4.78, 5) is 23.5. The third-order valence-electron chi connectivity index (χ3n) is 18.2. The molecular weight excluding hydrogens is 1140 g/mol. The Morgan fingerprint density at radius 1 is 0.385 bits per heavy atom. The van der Waals surface area contributed by atoms with Crippen LogP contribution in [0.4, 0.5) is 0 Å². The van der Waals surface area contributed by atoms with Gasteiger partial charge in [0.05, 0.1) is 39.9 Å². The maximum atomic E-state index is 13.1. The molecule has 0 aliphatic carbocycles. The Hall–Kier alpha value is -2.06. The van der Waals surface area contributed by atoms with E-state index >= 15 is 0 Å². The van der Waals surface area contributed by atoms with Gasteiger partial charge in [0.25, 0.3) is 0 Å². The summed E-state index contributed by atoms with van der Waals surface area (Å²) < 4.78 is 23.9. The number of carbonyl (C=O) groups is 1. The Morgan fingerprint density at radius 3 is 1.01 bits per heavy atom. The van der Waals surface area contributed by atoms with Gasteiger partial charge in [-0.3, -0.25) is 13.8 Å². The molecule has 3 atom stereocenters. The number of likely N-dealkylation sites (N-methyl/N-ethyl adjacent to an activating group) is 1. The second-order valence-electron chi connectivity index (χ2n) is 28.4. The fourth-order valence-corrected chi connectivity index (χ4v) is 12.8. The first kappa shape index (κ1) is 88.9. The quantitative estimate of drug-likeness (QED) is 0.0243. The largest absolute Gasteiger partial charge is 0.472 e. The van der Waals surface area contributed by atoms with Crippen LogP contribution in [-0.4, -0.2) is 73.4 Å². The Labute approximate surface area is 567 Å². The first-order valence-corrected chi connectivity index (χ1v) is 41.3. The average molecular weight is 1300 g/mol. The number of phosphoric acid groups is 1. The molecule has 3 unspecified atom stereocenters. The van der Waals surface area contributed by atoms with Crippen molar-refractivity contribution in [3.8, 4) is 0 Å². The van der Waals surface area contributed by atoms with Gasteiger partial charge in [-0.25, -0.2) is 4.57 Å². The van der Waals surface area contributed by atoms with Crippen molar-refractivity contribution in [3.63, 3.8) is 0 Å². The number of phosphoric ester groups is 1. The van der Waals surface area contributed by atoms with Crippen molar-refractivity contribution in [2.24, 2.45) is 0 Å². The summed E-state index contributed by atoms with van der Waals surface area (Å²) in [6.07, 6.45) is 102. The van der Waals surface area contributed by atoms with Gasteiger partial charge < -0.3 is 19.8 Å². The van der Waals surface area contributed by atoms with E-state index in [9.17, 15) is 19.4 Å². The Morgan fingerprint density at radius 2 is 0.670 bits per heavy atom. The Bertz CT molecular complexity index is 1720. The van der Waals surface area contributed by atoms with Crippen LogP contribution in [0, 0.1) is 0 Å². The third kappa shape index (κ3) is 75.2. The molecule has 0 aromatic rings. The number of aliphatic hydroxyl groups excluding tert-OH is 1. The molecule has 0 saturated heterocycles. The molecule has 91 heavy (non-hydrogen) atoms. The van der Waals surface area contributed by atoms with E-state index in [0.29, 0.717) is 17.4 Å². The van der Waals surface area contributed by atoms with E-state index in [1.54, 1.807) is 6.08 Å². The monoisotopic (exact) mass is 1300 g/mol. The lowest BCUT2D eigenvalue weighted by Crippen LogP contribution is -2.45. The van der Waals surface area contributed by atoms with Crippen molar-refractivity contribution in [2.75, 3.05) is 40.9 Å². The molecule has 534 valence electrons. The zero-order valence-electron chi connectivity index (χ0n) is 61.3. The van der Waals surface area contributed by atoms with Crippen molar-refractivity contribution in [1.82, 2.24) is 5.32 Å². The number of nitrogens with zero attached hydrogens (tertiary/aromatic N) is 1. The van der Waals surface area contributed by atoms with Crippen LogP contribution in [0.25, 0.3) is 0 Å². The van der Waals surface area contributed by atoms with E-state index in [0.717, 1.165) is 64.2 Å². The standard InChI is InChI=1S/C82H155N2O6P/c1-6-8-10-12-14-16-18-20-22-24-26-28-30-32-34-36-38-40-41-42-43-44-46-48-50-52-54-56-58-60-62-64-66-68-70-72-74-76-82(86)83-80(79-90-91(87,88)89-78-77-84(3,4)5)81(85)75-73-71-69-67-65-63-61-59-57-55-53-51-49-47-45-39-37-35-33-31-29-27-25-23-21-19-17-15-13-11-9-7-2/h8,10,14,16,20,22,26,28,65,67,73,75,80-81,85H,6-7,9,11-13,15,17-19,21,23-25,27,29-64,66,68-72,74,76-79H2,1-5H3,(H-,83,86,87,88)/p+1/b10-8-,16-14-,22-20-,28-26-,67-65+,75-73+. The second kappa shape index (κ2) is 72.2. The number of quaternary nitrogens is 1. The van der Waals surface area contributed by atoms with Crippen LogP contribution < -0.4 is 5.32 Å². The molecule has 0 fully saturated rings. The zero-order chi connectivity index (χ0) is 66.2. The van der Waals surface area contributed by atoms with Crippen LogP contribution in [0.1, 0.15) is 393 Å². The molecule has 0 bridgehead atoms. The lowest BCUT2D eigenvalue weighted by Gasteiger charge is -2.25. The van der Waals surface area contributed by atoms with Crippen LogP contribution in [-0.2, 0) is 18.4 Å². The molecular formula is C82H156N2O6P+. The summed E-state index contributed by atoms with van der Waals surface area (Å²) in [5.41, 5.74) is 0. The van der Waals surface area contributed by atoms with Gasteiger partial charge in [0.2, 0.25) is 5.91 Å². The SMILES string of the molecule is CC/C=C\C/C=C\C/C=C\C/C=C\CCCCCCCCCCCCCCCCCCCCCCCCCCC(=O)NC(COP(=O)(O)OCC[N+](C)(C)C)C(O)/C=C/CC/C=C/CCCCCCCCCCCCCCCCCCCCCCCCCCCC. The van der Waals surface area contributed by atoms with Gasteiger partial charge in [0.1, 0.15) is 13.2 Å². The number of carbonyl (C=O) groups excluding carboxylic acids is 1. The fourth-order valence-electron chi connectivity index (χ4n) is 12.1. The van der Waals surface area contributed by atoms with Gasteiger partial charge in [-0.15, -0.1) is 0 Å². The van der Waals surface area contributed by atoms with Crippen molar-refractivity contribution in [1.29, 1.82) is 0 Å². The first-order valence-electron chi connectivity index (χ1n) is 39.8. The van der Waals surface area contributed by atoms with Crippen LogP contribution in [0.15, 0.2) is 72.9 Å². The smallest absolute Gasteiger partial charge is 0.387 e. The Kier molecular flexibility index (Phi) is 70.6. The molecule has 0 radical (unpaired) electrons. The minimum absolute atomic E-state index is 0.0567. The zero-order valence-corrected chi connectivity index (χ0v) is 62.2. The van der Waals surface area contributed by atoms with Gasteiger partial charge in [-0.2, -0.15) is 0 Å². The van der Waals surface area contributed by atoms with Crippen molar-refractivity contribution < 1.29 is 32.9 Å². The highest BCUT2D eigenvalue weighted by molar-refractivity contribution is 7.47. The molecule has 1 amide bonds. The molecule has 0 aliphatic rings. The van der Waals surface area contributed by atoms with Gasteiger partial charge in [0.15, 0.2) is 0 Å². The molecule has 0 aliphatic heterocycles. The summed E-state index contributed by atoms with van der Waals surface area (Å²) in [5.74, 6) is -0.180. The van der Waals surface area contributed by atoms with Crippen LogP contribution in [0.3, 0.4) is 0 Å². The van der Waals surface area contributed by atoms with E-state index in [1.807, 2.05) is 27.2 Å². The molecule has 0 rings (SSSR count). The van der Waals surface area contributed by atoms with E-state index in [4.69, 9.17) is 9.05 Å². The number of amides is 1. The van der Waals surface area contributed by atoms with Crippen molar-refractivity contribution in [3.05, 3.63) is 72.9 Å². The first-order chi connectivity index (χ1) is 44.5. The summed E-state index contributed by atoms with van der Waals surface area (Å²) >= 11 is 0. The molecule has 9 heteroatoms. The minimum Gasteiger partial charge on any atom is -0.387 e. The topological polar surface area (TPSA) is 105 Å². The summed E-state index contributed by atoms with van der Waals surface area (Å²) in [6, 6.07) is -0.866. The van der Waals surface area contributed by atoms with E-state index < -0.39 is 20.0 Å². The second-order valence-corrected chi connectivity index (χ2v) is 29.9. The van der Waals surface area contributed by atoms with Gasteiger partial charge >= 0.3 is 7.82 Å². The Balaban J connectivity index is 3.98. The number of nitrogens with one attached hydrogen (secondary N) is 1. The predicted octanol–water partition coefficient (Wildman–Crippen LogP) is 26.1. The van der Waals surface area contributed by atoms with E-state index in [2.05, 4.69) is 79.9 Å². The van der Waals surface area contributed by atoms with Crippen molar-refractivity contribution >= 4 is 13.7 Å². The van der Waals surface area contributed by atoms with E-state index in [-0.39, 0.29) is 19.1 Å². The fraction of sp³-hybridized carbons (Fsp3) is 0.841.